The summed E-state index contributed by atoms with van der Waals surface area (Å²) in [5.74, 6) is 1.42. The number of hydrogen-bond donors (Lipinski definition) is 1. The maximum atomic E-state index is 5.91. The molecule has 18 heavy (non-hydrogen) atoms. The molecular weight excluding hydrogens is 316 g/mol. The van der Waals surface area contributed by atoms with E-state index in [4.69, 9.17) is 16.0 Å². The van der Waals surface area contributed by atoms with E-state index in [0.29, 0.717) is 23.5 Å². The number of halogens is 2. The first-order chi connectivity index (χ1) is 8.56. The Labute approximate surface area is 120 Å². The molecule has 96 valence electrons. The number of oxazole rings is 1. The first-order valence-electron chi connectivity index (χ1n) is 5.70. The fourth-order valence-corrected chi connectivity index (χ4v) is 2.38. The molecule has 1 aromatic heterocycles. The van der Waals surface area contributed by atoms with Crippen LogP contribution in [0.4, 0.5) is 0 Å². The third kappa shape index (κ3) is 3.34. The molecule has 0 aliphatic rings. The molecule has 0 bridgehead atoms. The molecule has 0 saturated heterocycles. The monoisotopic (exact) mass is 328 g/mol. The molecule has 0 aliphatic carbocycles. The summed E-state index contributed by atoms with van der Waals surface area (Å²) in [4.78, 5) is 4.25. The van der Waals surface area contributed by atoms with Crippen LogP contribution in [0.5, 0.6) is 0 Å². The molecule has 0 unspecified atom stereocenters. The van der Waals surface area contributed by atoms with Crippen LogP contribution >= 0.6 is 27.5 Å². The Bertz CT molecular complexity index is 540. The maximum Gasteiger partial charge on any atom is 0.208 e. The molecule has 1 N–H and O–H groups in total. The van der Waals surface area contributed by atoms with Crippen LogP contribution in [0.3, 0.4) is 0 Å². The predicted molar refractivity (Wildman–Crippen MR) is 76.6 cm³/mol. The van der Waals surface area contributed by atoms with Gasteiger partial charge in [-0.05, 0) is 34.1 Å². The first-order valence-corrected chi connectivity index (χ1v) is 6.87. The average molecular weight is 330 g/mol. The van der Waals surface area contributed by atoms with E-state index in [1.807, 2.05) is 18.2 Å². The van der Waals surface area contributed by atoms with Gasteiger partial charge >= 0.3 is 0 Å². The van der Waals surface area contributed by atoms with Gasteiger partial charge in [0.25, 0.3) is 0 Å². The van der Waals surface area contributed by atoms with Gasteiger partial charge < -0.3 is 9.73 Å². The molecule has 2 rings (SSSR count). The summed E-state index contributed by atoms with van der Waals surface area (Å²) < 4.78 is 6.59. The van der Waals surface area contributed by atoms with Crippen molar-refractivity contribution in [3.63, 3.8) is 0 Å². The van der Waals surface area contributed by atoms with Crippen LogP contribution in [-0.4, -0.2) is 11.0 Å². The van der Waals surface area contributed by atoms with E-state index in [-0.39, 0.29) is 0 Å². The van der Waals surface area contributed by atoms with Gasteiger partial charge in [0.1, 0.15) is 0 Å². The van der Waals surface area contributed by atoms with Crippen molar-refractivity contribution in [2.45, 2.75) is 26.4 Å². The van der Waals surface area contributed by atoms with Crippen molar-refractivity contribution in [2.75, 3.05) is 0 Å². The second-order valence-corrected chi connectivity index (χ2v) is 5.57. The third-order valence-corrected chi connectivity index (χ3v) is 3.30. The molecule has 3 nitrogen and oxygen atoms in total. The molecule has 0 atom stereocenters. The summed E-state index contributed by atoms with van der Waals surface area (Å²) in [6.45, 7) is 4.79. The van der Waals surface area contributed by atoms with Gasteiger partial charge in [-0.1, -0.05) is 25.4 Å². The Morgan fingerprint density at radius 2 is 2.22 bits per heavy atom. The highest BCUT2D eigenvalue weighted by Crippen LogP contribution is 2.30. The quantitative estimate of drug-likeness (QED) is 0.911. The third-order valence-electron chi connectivity index (χ3n) is 2.41. The van der Waals surface area contributed by atoms with Crippen LogP contribution in [0.2, 0.25) is 5.02 Å². The second kappa shape index (κ2) is 5.87. The fraction of sp³-hybridized carbons (Fsp3) is 0.308. The van der Waals surface area contributed by atoms with Crippen molar-refractivity contribution in [3.05, 3.63) is 39.8 Å². The van der Waals surface area contributed by atoms with Gasteiger partial charge in [0.05, 0.1) is 12.7 Å². The van der Waals surface area contributed by atoms with E-state index in [9.17, 15) is 0 Å². The van der Waals surface area contributed by atoms with Crippen molar-refractivity contribution < 1.29 is 4.42 Å². The number of nitrogens with one attached hydrogen (secondary N) is 1. The lowest BCUT2D eigenvalue weighted by Crippen LogP contribution is -2.21. The highest BCUT2D eigenvalue weighted by molar-refractivity contribution is 9.10. The van der Waals surface area contributed by atoms with E-state index in [1.54, 1.807) is 6.20 Å². The van der Waals surface area contributed by atoms with Crippen molar-refractivity contribution in [1.82, 2.24) is 10.3 Å². The molecule has 0 spiro atoms. The summed E-state index contributed by atoms with van der Waals surface area (Å²) in [7, 11) is 0. The summed E-state index contributed by atoms with van der Waals surface area (Å²) >= 11 is 9.38. The molecule has 0 radical (unpaired) electrons. The predicted octanol–water partition coefficient (Wildman–Crippen LogP) is 4.26. The van der Waals surface area contributed by atoms with Gasteiger partial charge in [0.15, 0.2) is 5.76 Å². The molecular formula is C13H14BrClN2O. The smallest absolute Gasteiger partial charge is 0.208 e. The minimum atomic E-state index is 0.405. The van der Waals surface area contributed by atoms with Gasteiger partial charge in [-0.2, -0.15) is 0 Å². The average Bonchev–Trinajstić information content (AvgIpc) is 2.75. The van der Waals surface area contributed by atoms with Crippen LogP contribution in [0.25, 0.3) is 11.3 Å². The summed E-state index contributed by atoms with van der Waals surface area (Å²) in [6, 6.07) is 5.98. The lowest BCUT2D eigenvalue weighted by Gasteiger charge is -2.04. The standard InChI is InChI=1S/C13H14BrClN2O/c1-8(2)16-7-13-17-6-12(18-13)10-4-3-9(15)5-11(10)14/h3-6,8,16H,7H2,1-2H3. The number of rotatable bonds is 4. The van der Waals surface area contributed by atoms with Gasteiger partial charge in [0.2, 0.25) is 5.89 Å². The minimum absolute atomic E-state index is 0.405. The van der Waals surface area contributed by atoms with Crippen LogP contribution in [0.1, 0.15) is 19.7 Å². The first kappa shape index (κ1) is 13.6. The Balaban J connectivity index is 2.18. The Hall–Kier alpha value is -0.840. The van der Waals surface area contributed by atoms with E-state index in [2.05, 4.69) is 40.1 Å². The lowest BCUT2D eigenvalue weighted by atomic mass is 10.2. The maximum absolute atomic E-state index is 5.91. The molecule has 2 aromatic rings. The summed E-state index contributed by atoms with van der Waals surface area (Å²) in [5.41, 5.74) is 0.947. The second-order valence-electron chi connectivity index (χ2n) is 4.28. The molecule has 5 heteroatoms. The number of hydrogen-bond acceptors (Lipinski definition) is 3. The highest BCUT2D eigenvalue weighted by atomic mass is 79.9. The zero-order valence-electron chi connectivity index (χ0n) is 10.2. The van der Waals surface area contributed by atoms with Crippen LogP contribution in [0.15, 0.2) is 33.3 Å². The zero-order chi connectivity index (χ0) is 13.1. The van der Waals surface area contributed by atoms with Gasteiger partial charge in [-0.25, -0.2) is 4.98 Å². The summed E-state index contributed by atoms with van der Waals surface area (Å²) in [5, 5.41) is 3.95. The number of nitrogens with zero attached hydrogens (tertiary/aromatic N) is 1. The van der Waals surface area contributed by atoms with Crippen LogP contribution < -0.4 is 5.32 Å². The molecule has 0 amide bonds. The molecule has 0 aliphatic heterocycles. The number of aromatic nitrogens is 1. The molecule has 0 fully saturated rings. The SMILES string of the molecule is CC(C)NCc1ncc(-c2ccc(Cl)cc2Br)o1. The molecule has 0 saturated carbocycles. The Kier molecular flexibility index (Phi) is 4.43. The molecule has 1 aromatic carbocycles. The van der Waals surface area contributed by atoms with Gasteiger partial charge in [-0.3, -0.25) is 0 Å². The number of benzene rings is 1. The van der Waals surface area contributed by atoms with Crippen LogP contribution in [0, 0.1) is 0 Å². The normalized spacial score (nSPS) is 11.2. The fourth-order valence-electron chi connectivity index (χ4n) is 1.50. The van der Waals surface area contributed by atoms with E-state index in [1.165, 1.54) is 0 Å². The lowest BCUT2D eigenvalue weighted by molar-refractivity contribution is 0.459. The van der Waals surface area contributed by atoms with Crippen molar-refractivity contribution in [2.24, 2.45) is 0 Å². The minimum Gasteiger partial charge on any atom is -0.439 e. The Morgan fingerprint density at radius 3 is 2.89 bits per heavy atom. The van der Waals surface area contributed by atoms with Crippen molar-refractivity contribution >= 4 is 27.5 Å². The van der Waals surface area contributed by atoms with E-state index >= 15 is 0 Å². The van der Waals surface area contributed by atoms with Crippen molar-refractivity contribution in [3.8, 4) is 11.3 Å². The highest BCUT2D eigenvalue weighted by Gasteiger charge is 2.10. The van der Waals surface area contributed by atoms with Crippen LogP contribution in [-0.2, 0) is 6.54 Å². The van der Waals surface area contributed by atoms with Gasteiger partial charge in [0, 0.05) is 21.1 Å². The summed E-state index contributed by atoms with van der Waals surface area (Å²) in [6.07, 6.45) is 1.73. The van der Waals surface area contributed by atoms with E-state index in [0.717, 1.165) is 15.8 Å². The largest absolute Gasteiger partial charge is 0.439 e. The van der Waals surface area contributed by atoms with Gasteiger partial charge in [-0.15, -0.1) is 0 Å². The van der Waals surface area contributed by atoms with Crippen molar-refractivity contribution in [1.29, 1.82) is 0 Å². The Morgan fingerprint density at radius 1 is 1.44 bits per heavy atom. The topological polar surface area (TPSA) is 38.1 Å². The molecule has 1 heterocycles. The van der Waals surface area contributed by atoms with E-state index < -0.39 is 0 Å². The zero-order valence-corrected chi connectivity index (χ0v) is 12.5.